The third-order valence-corrected chi connectivity index (χ3v) is 5.20. The third kappa shape index (κ3) is 4.78. The van der Waals surface area contributed by atoms with Crippen molar-refractivity contribution in [3.05, 3.63) is 54.6 Å². The molecule has 2 aromatic rings. The Balaban J connectivity index is 1.45. The number of nitrogens with one attached hydrogen (secondary N) is 1. The smallest absolute Gasteiger partial charge is 0.228 e. The fourth-order valence-electron chi connectivity index (χ4n) is 3.33. The van der Waals surface area contributed by atoms with Crippen LogP contribution in [-0.4, -0.2) is 32.6 Å². The third-order valence-electron chi connectivity index (χ3n) is 5.20. The molecule has 0 spiro atoms. The monoisotopic (exact) mass is 351 g/mol. The van der Waals surface area contributed by atoms with Crippen LogP contribution in [0, 0.1) is 5.92 Å². The van der Waals surface area contributed by atoms with Gasteiger partial charge in [0.05, 0.1) is 0 Å². The molecule has 4 heteroatoms. The van der Waals surface area contributed by atoms with Crippen LogP contribution in [0.1, 0.15) is 26.2 Å². The molecule has 0 aliphatic carbocycles. The van der Waals surface area contributed by atoms with Crippen molar-refractivity contribution < 1.29 is 4.79 Å². The number of anilines is 3. The Morgan fingerprint density at radius 1 is 1.08 bits per heavy atom. The molecule has 1 saturated heterocycles. The molecule has 0 atom stereocenters. The summed E-state index contributed by atoms with van der Waals surface area (Å²) < 4.78 is 0. The van der Waals surface area contributed by atoms with E-state index in [1.807, 2.05) is 37.4 Å². The molecule has 26 heavy (non-hydrogen) atoms. The maximum Gasteiger partial charge on any atom is 0.228 e. The molecular formula is C22H29N3O. The maximum atomic E-state index is 12.3. The molecule has 0 unspecified atom stereocenters. The van der Waals surface area contributed by atoms with Gasteiger partial charge in [-0.2, -0.15) is 0 Å². The van der Waals surface area contributed by atoms with Gasteiger partial charge in [-0.3, -0.25) is 4.79 Å². The van der Waals surface area contributed by atoms with Crippen LogP contribution in [-0.2, 0) is 4.79 Å². The number of para-hydroxylation sites is 1. The Kier molecular flexibility index (Phi) is 6.16. The lowest BCUT2D eigenvalue weighted by Gasteiger charge is -2.32. The first-order valence-corrected chi connectivity index (χ1v) is 9.54. The van der Waals surface area contributed by atoms with Gasteiger partial charge in [0.25, 0.3) is 0 Å². The Labute approximate surface area is 156 Å². The predicted octanol–water partition coefficient (Wildman–Crippen LogP) is 4.39. The number of amides is 1. The van der Waals surface area contributed by atoms with Gasteiger partial charge >= 0.3 is 0 Å². The zero-order chi connectivity index (χ0) is 18.4. The number of hydrogen-bond donors (Lipinski definition) is 1. The first-order chi connectivity index (χ1) is 12.6. The van der Waals surface area contributed by atoms with Crippen LogP contribution in [0.15, 0.2) is 54.6 Å². The predicted molar refractivity (Wildman–Crippen MR) is 110 cm³/mol. The molecule has 3 rings (SSSR count). The van der Waals surface area contributed by atoms with E-state index < -0.39 is 0 Å². The lowest BCUT2D eigenvalue weighted by atomic mass is 9.99. The number of piperidine rings is 1. The topological polar surface area (TPSA) is 35.6 Å². The molecule has 1 N–H and O–H groups in total. The fraction of sp³-hybridized carbons (Fsp3) is 0.409. The summed E-state index contributed by atoms with van der Waals surface area (Å²) >= 11 is 0. The van der Waals surface area contributed by atoms with E-state index in [2.05, 4.69) is 41.4 Å². The van der Waals surface area contributed by atoms with E-state index >= 15 is 0 Å². The summed E-state index contributed by atoms with van der Waals surface area (Å²) in [7, 11) is 1.83. The molecule has 1 heterocycles. The van der Waals surface area contributed by atoms with E-state index in [9.17, 15) is 4.79 Å². The van der Waals surface area contributed by atoms with Crippen molar-refractivity contribution in [1.82, 2.24) is 0 Å². The molecule has 1 aliphatic heterocycles. The average molecular weight is 351 g/mol. The number of carbonyl (C=O) groups excluding carboxylic acids is 1. The first kappa shape index (κ1) is 18.3. The summed E-state index contributed by atoms with van der Waals surface area (Å²) in [5.41, 5.74) is 3.29. The number of carbonyl (C=O) groups is 1. The van der Waals surface area contributed by atoms with Crippen molar-refractivity contribution in [1.29, 1.82) is 0 Å². The standard InChI is InChI=1S/C22H29N3O/c1-18-13-16-25(17-14-18)21-10-8-19(9-11-21)23-15-12-22(26)24(2)20-6-4-3-5-7-20/h3-11,18,23H,12-17H2,1-2H3. The molecule has 1 amide bonds. The van der Waals surface area contributed by atoms with E-state index in [1.54, 1.807) is 4.90 Å². The van der Waals surface area contributed by atoms with Crippen molar-refractivity contribution in [2.45, 2.75) is 26.2 Å². The summed E-state index contributed by atoms with van der Waals surface area (Å²) in [6, 6.07) is 18.3. The SMILES string of the molecule is CC1CCN(c2ccc(NCCC(=O)N(C)c3ccccc3)cc2)CC1. The largest absolute Gasteiger partial charge is 0.385 e. The number of benzene rings is 2. The second-order valence-corrected chi connectivity index (χ2v) is 7.18. The number of hydrogen-bond acceptors (Lipinski definition) is 3. The molecule has 0 aromatic heterocycles. The van der Waals surface area contributed by atoms with Crippen LogP contribution < -0.4 is 15.1 Å². The molecule has 138 valence electrons. The highest BCUT2D eigenvalue weighted by Gasteiger charge is 2.15. The molecule has 0 radical (unpaired) electrons. The van der Waals surface area contributed by atoms with Crippen molar-refractivity contribution in [2.75, 3.05) is 41.8 Å². The minimum Gasteiger partial charge on any atom is -0.385 e. The van der Waals surface area contributed by atoms with E-state index in [1.165, 1.54) is 18.5 Å². The Morgan fingerprint density at radius 3 is 2.38 bits per heavy atom. The Hall–Kier alpha value is -2.49. The highest BCUT2D eigenvalue weighted by Crippen LogP contribution is 2.24. The minimum absolute atomic E-state index is 0.114. The van der Waals surface area contributed by atoms with Gasteiger partial charge in [-0.15, -0.1) is 0 Å². The summed E-state index contributed by atoms with van der Waals surface area (Å²) in [6.07, 6.45) is 3.02. The van der Waals surface area contributed by atoms with Crippen LogP contribution >= 0.6 is 0 Å². The summed E-state index contributed by atoms with van der Waals surface area (Å²) in [5.74, 6) is 0.960. The van der Waals surface area contributed by atoms with Gasteiger partial charge in [-0.1, -0.05) is 25.1 Å². The summed E-state index contributed by atoms with van der Waals surface area (Å²) in [6.45, 7) is 5.26. The minimum atomic E-state index is 0.114. The summed E-state index contributed by atoms with van der Waals surface area (Å²) in [4.78, 5) is 16.5. The lowest BCUT2D eigenvalue weighted by molar-refractivity contribution is -0.118. The average Bonchev–Trinajstić information content (AvgIpc) is 2.69. The maximum absolute atomic E-state index is 12.3. The van der Waals surface area contributed by atoms with Gasteiger partial charge in [0.1, 0.15) is 0 Å². The van der Waals surface area contributed by atoms with Crippen LogP contribution in [0.25, 0.3) is 0 Å². The highest BCUT2D eigenvalue weighted by molar-refractivity contribution is 5.93. The Bertz CT molecular complexity index is 691. The van der Waals surface area contributed by atoms with E-state index in [4.69, 9.17) is 0 Å². The van der Waals surface area contributed by atoms with Crippen molar-refractivity contribution in [3.8, 4) is 0 Å². The van der Waals surface area contributed by atoms with Gasteiger partial charge in [-0.25, -0.2) is 0 Å². The first-order valence-electron chi connectivity index (χ1n) is 9.54. The van der Waals surface area contributed by atoms with Crippen molar-refractivity contribution in [2.24, 2.45) is 5.92 Å². The molecule has 0 saturated carbocycles. The fourth-order valence-corrected chi connectivity index (χ4v) is 3.33. The van der Waals surface area contributed by atoms with Crippen LogP contribution in [0.3, 0.4) is 0 Å². The highest BCUT2D eigenvalue weighted by atomic mass is 16.2. The second-order valence-electron chi connectivity index (χ2n) is 7.18. The summed E-state index contributed by atoms with van der Waals surface area (Å²) in [5, 5.41) is 3.35. The lowest BCUT2D eigenvalue weighted by Crippen LogP contribution is -2.32. The Morgan fingerprint density at radius 2 is 1.73 bits per heavy atom. The van der Waals surface area contributed by atoms with Crippen LogP contribution in [0.5, 0.6) is 0 Å². The quantitative estimate of drug-likeness (QED) is 0.838. The van der Waals surface area contributed by atoms with Crippen molar-refractivity contribution in [3.63, 3.8) is 0 Å². The van der Waals surface area contributed by atoms with E-state index in [0.717, 1.165) is 30.4 Å². The van der Waals surface area contributed by atoms with Gasteiger partial charge in [0.2, 0.25) is 5.91 Å². The van der Waals surface area contributed by atoms with E-state index in [-0.39, 0.29) is 5.91 Å². The normalized spacial score (nSPS) is 14.9. The zero-order valence-electron chi connectivity index (χ0n) is 15.8. The molecule has 1 fully saturated rings. The molecule has 1 aliphatic rings. The number of nitrogens with zero attached hydrogens (tertiary/aromatic N) is 2. The molecule has 0 bridgehead atoms. The van der Waals surface area contributed by atoms with Crippen LogP contribution in [0.4, 0.5) is 17.1 Å². The van der Waals surface area contributed by atoms with Crippen LogP contribution in [0.2, 0.25) is 0 Å². The van der Waals surface area contributed by atoms with Gasteiger partial charge in [0, 0.05) is 50.2 Å². The number of rotatable bonds is 6. The molecule has 4 nitrogen and oxygen atoms in total. The molecule has 2 aromatic carbocycles. The second kappa shape index (κ2) is 8.75. The zero-order valence-corrected chi connectivity index (χ0v) is 15.8. The van der Waals surface area contributed by atoms with Crippen molar-refractivity contribution >= 4 is 23.0 Å². The van der Waals surface area contributed by atoms with Gasteiger partial charge < -0.3 is 15.1 Å². The van der Waals surface area contributed by atoms with Gasteiger partial charge in [-0.05, 0) is 55.2 Å². The molecular weight excluding hydrogens is 322 g/mol. The van der Waals surface area contributed by atoms with E-state index in [0.29, 0.717) is 13.0 Å². The van der Waals surface area contributed by atoms with Gasteiger partial charge in [0.15, 0.2) is 0 Å².